The highest BCUT2D eigenvalue weighted by Crippen LogP contribution is 2.42. The lowest BCUT2D eigenvalue weighted by molar-refractivity contribution is -0.135. The average molecular weight is 227 g/mol. The van der Waals surface area contributed by atoms with Crippen LogP contribution >= 0.6 is 0 Å². The first kappa shape index (κ1) is 12.3. The van der Waals surface area contributed by atoms with Crippen LogP contribution in [-0.2, 0) is 9.47 Å². The lowest BCUT2D eigenvalue weighted by atomic mass is 9.74. The van der Waals surface area contributed by atoms with E-state index in [9.17, 15) is 0 Å². The van der Waals surface area contributed by atoms with Gasteiger partial charge in [0, 0.05) is 25.9 Å². The van der Waals surface area contributed by atoms with Crippen molar-refractivity contribution in [2.75, 3.05) is 26.4 Å². The first-order valence-electron chi connectivity index (χ1n) is 6.80. The second-order valence-electron chi connectivity index (χ2n) is 5.08. The summed E-state index contributed by atoms with van der Waals surface area (Å²) in [4.78, 5) is 0. The van der Waals surface area contributed by atoms with Crippen LogP contribution in [0.3, 0.4) is 0 Å². The molecular formula is C13H25NO2. The summed E-state index contributed by atoms with van der Waals surface area (Å²) in [5.41, 5.74) is 0.274. The second kappa shape index (κ2) is 5.99. The Labute approximate surface area is 98.9 Å². The number of hydrogen-bond donors (Lipinski definition) is 1. The first-order chi connectivity index (χ1) is 7.85. The summed E-state index contributed by atoms with van der Waals surface area (Å²) >= 11 is 0. The third-order valence-corrected chi connectivity index (χ3v) is 3.86. The highest BCUT2D eigenvalue weighted by molar-refractivity contribution is 4.95. The molecule has 1 aliphatic heterocycles. The van der Waals surface area contributed by atoms with Gasteiger partial charge in [-0.05, 0) is 52.0 Å². The summed E-state index contributed by atoms with van der Waals surface area (Å²) in [6.45, 7) is 5.80. The minimum Gasteiger partial charge on any atom is -0.382 e. The molecule has 94 valence electrons. The van der Waals surface area contributed by atoms with Crippen LogP contribution in [0.2, 0.25) is 0 Å². The van der Waals surface area contributed by atoms with Crippen LogP contribution in [0.4, 0.5) is 0 Å². The van der Waals surface area contributed by atoms with Crippen LogP contribution in [0, 0.1) is 0 Å². The number of hydrogen-bond acceptors (Lipinski definition) is 3. The van der Waals surface area contributed by atoms with Gasteiger partial charge in [0.05, 0.1) is 5.60 Å². The first-order valence-corrected chi connectivity index (χ1v) is 6.80. The van der Waals surface area contributed by atoms with Crippen molar-refractivity contribution in [3.05, 3.63) is 0 Å². The lowest BCUT2D eigenvalue weighted by Crippen LogP contribution is -2.51. The molecule has 2 aliphatic rings. The molecule has 2 rings (SSSR count). The Kier molecular flexibility index (Phi) is 4.62. The monoisotopic (exact) mass is 227 g/mol. The Morgan fingerprint density at radius 1 is 1.44 bits per heavy atom. The van der Waals surface area contributed by atoms with E-state index in [0.717, 1.165) is 32.8 Å². The van der Waals surface area contributed by atoms with Crippen molar-refractivity contribution in [3.8, 4) is 0 Å². The summed E-state index contributed by atoms with van der Waals surface area (Å²) in [7, 11) is 0. The average Bonchev–Trinajstić information content (AvgIpc) is 2.27. The van der Waals surface area contributed by atoms with Gasteiger partial charge in [-0.15, -0.1) is 0 Å². The van der Waals surface area contributed by atoms with Crippen LogP contribution in [0.25, 0.3) is 0 Å². The summed E-state index contributed by atoms with van der Waals surface area (Å²) in [5, 5.41) is 3.64. The fourth-order valence-electron chi connectivity index (χ4n) is 2.75. The minimum absolute atomic E-state index is 0.274. The van der Waals surface area contributed by atoms with Gasteiger partial charge in [-0.1, -0.05) is 0 Å². The zero-order valence-electron chi connectivity index (χ0n) is 10.5. The standard InChI is InChI=1S/C13H25NO2/c1-2-15-9-4-8-14-12-5-10-16-13(11-12)6-3-7-13/h12,14H,2-11H2,1H3. The smallest absolute Gasteiger partial charge is 0.0697 e. The minimum atomic E-state index is 0.274. The fourth-order valence-corrected chi connectivity index (χ4v) is 2.75. The topological polar surface area (TPSA) is 30.5 Å². The Hall–Kier alpha value is -0.120. The van der Waals surface area contributed by atoms with Crippen LogP contribution < -0.4 is 5.32 Å². The second-order valence-corrected chi connectivity index (χ2v) is 5.08. The largest absolute Gasteiger partial charge is 0.382 e. The highest BCUT2D eigenvalue weighted by Gasteiger charge is 2.42. The van der Waals surface area contributed by atoms with Crippen molar-refractivity contribution in [2.24, 2.45) is 0 Å². The van der Waals surface area contributed by atoms with E-state index < -0.39 is 0 Å². The van der Waals surface area contributed by atoms with Gasteiger partial charge in [-0.2, -0.15) is 0 Å². The molecule has 1 spiro atoms. The van der Waals surface area contributed by atoms with Crippen LogP contribution in [0.15, 0.2) is 0 Å². The van der Waals surface area contributed by atoms with E-state index in [0.29, 0.717) is 6.04 Å². The van der Waals surface area contributed by atoms with E-state index in [1.54, 1.807) is 0 Å². The third kappa shape index (κ3) is 3.19. The Morgan fingerprint density at radius 3 is 3.00 bits per heavy atom. The van der Waals surface area contributed by atoms with E-state index in [1.807, 2.05) is 6.92 Å². The molecule has 1 atom stereocenters. The van der Waals surface area contributed by atoms with Gasteiger partial charge in [0.1, 0.15) is 0 Å². The normalized spacial score (nSPS) is 27.9. The van der Waals surface area contributed by atoms with E-state index in [4.69, 9.17) is 9.47 Å². The SMILES string of the molecule is CCOCCCNC1CCOC2(CCC2)C1. The third-order valence-electron chi connectivity index (χ3n) is 3.86. The quantitative estimate of drug-likeness (QED) is 0.705. The number of rotatable bonds is 6. The summed E-state index contributed by atoms with van der Waals surface area (Å²) in [5.74, 6) is 0. The summed E-state index contributed by atoms with van der Waals surface area (Å²) in [6.07, 6.45) is 7.45. The van der Waals surface area contributed by atoms with E-state index in [2.05, 4.69) is 5.32 Å². The zero-order valence-corrected chi connectivity index (χ0v) is 10.5. The van der Waals surface area contributed by atoms with Crippen molar-refractivity contribution in [2.45, 2.75) is 57.1 Å². The number of nitrogens with one attached hydrogen (secondary N) is 1. The molecule has 1 N–H and O–H groups in total. The molecule has 0 amide bonds. The summed E-state index contributed by atoms with van der Waals surface area (Å²) < 4.78 is 11.2. The molecule has 2 fully saturated rings. The predicted octanol–water partition coefficient (Wildman–Crippen LogP) is 2.10. The van der Waals surface area contributed by atoms with Crippen molar-refractivity contribution in [3.63, 3.8) is 0 Å². The maximum Gasteiger partial charge on any atom is 0.0697 e. The van der Waals surface area contributed by atoms with Gasteiger partial charge in [-0.3, -0.25) is 0 Å². The van der Waals surface area contributed by atoms with Crippen LogP contribution in [-0.4, -0.2) is 38.0 Å². The van der Waals surface area contributed by atoms with Gasteiger partial charge in [0.15, 0.2) is 0 Å². The molecule has 0 bridgehead atoms. The molecule has 1 unspecified atom stereocenters. The Balaban J connectivity index is 1.58. The lowest BCUT2D eigenvalue weighted by Gasteiger charge is -2.47. The Bertz CT molecular complexity index is 204. The molecule has 1 saturated carbocycles. The van der Waals surface area contributed by atoms with E-state index in [1.165, 1.54) is 32.1 Å². The maximum absolute atomic E-state index is 5.91. The number of ether oxygens (including phenoxy) is 2. The molecular weight excluding hydrogens is 202 g/mol. The van der Waals surface area contributed by atoms with Crippen molar-refractivity contribution < 1.29 is 9.47 Å². The highest BCUT2D eigenvalue weighted by atomic mass is 16.5. The summed E-state index contributed by atoms with van der Waals surface area (Å²) in [6, 6.07) is 0.677. The molecule has 1 heterocycles. The molecule has 3 heteroatoms. The maximum atomic E-state index is 5.91. The van der Waals surface area contributed by atoms with Crippen molar-refractivity contribution >= 4 is 0 Å². The zero-order chi connectivity index (χ0) is 11.3. The fraction of sp³-hybridized carbons (Fsp3) is 1.00. The molecule has 0 aromatic heterocycles. The molecule has 0 radical (unpaired) electrons. The molecule has 0 aromatic carbocycles. The van der Waals surface area contributed by atoms with Gasteiger partial charge in [0.25, 0.3) is 0 Å². The predicted molar refractivity (Wildman–Crippen MR) is 64.7 cm³/mol. The van der Waals surface area contributed by atoms with Crippen LogP contribution in [0.1, 0.15) is 45.4 Å². The van der Waals surface area contributed by atoms with Gasteiger partial charge >= 0.3 is 0 Å². The van der Waals surface area contributed by atoms with Gasteiger partial charge in [0.2, 0.25) is 0 Å². The van der Waals surface area contributed by atoms with E-state index in [-0.39, 0.29) is 5.60 Å². The molecule has 0 aromatic rings. The molecule has 1 saturated heterocycles. The molecule has 1 aliphatic carbocycles. The van der Waals surface area contributed by atoms with Crippen molar-refractivity contribution in [1.29, 1.82) is 0 Å². The van der Waals surface area contributed by atoms with Crippen molar-refractivity contribution in [1.82, 2.24) is 5.32 Å². The van der Waals surface area contributed by atoms with Gasteiger partial charge < -0.3 is 14.8 Å². The van der Waals surface area contributed by atoms with Crippen LogP contribution in [0.5, 0.6) is 0 Å². The van der Waals surface area contributed by atoms with Gasteiger partial charge in [-0.25, -0.2) is 0 Å². The Morgan fingerprint density at radius 2 is 2.31 bits per heavy atom. The molecule has 16 heavy (non-hydrogen) atoms. The molecule has 3 nitrogen and oxygen atoms in total. The van der Waals surface area contributed by atoms with E-state index >= 15 is 0 Å².